The number of benzene rings is 3. The van der Waals surface area contributed by atoms with Crippen molar-refractivity contribution in [2.75, 3.05) is 37.7 Å². The molecular weight excluding hydrogens is 576 g/mol. The summed E-state index contributed by atoms with van der Waals surface area (Å²) in [6.45, 7) is 9.74. The number of aliphatic hydroxyl groups is 1. The van der Waals surface area contributed by atoms with Crippen LogP contribution < -0.4 is 4.90 Å². The number of aromatic hydroxyl groups is 1. The van der Waals surface area contributed by atoms with E-state index in [-0.39, 0.29) is 23.8 Å². The quantitative estimate of drug-likeness (QED) is 0.138. The Balaban J connectivity index is 0.000000309. The summed E-state index contributed by atoms with van der Waals surface area (Å²) in [5, 5.41) is 17.0. The highest BCUT2D eigenvalue weighted by molar-refractivity contribution is 5.93. The number of nitrogens with zero attached hydrogens (tertiary/aromatic N) is 2. The van der Waals surface area contributed by atoms with Crippen molar-refractivity contribution in [1.82, 2.24) is 4.90 Å². The number of amides is 1. The maximum atomic E-state index is 12.5. The molecule has 0 aliphatic carbocycles. The van der Waals surface area contributed by atoms with Gasteiger partial charge in [0.05, 0.1) is 6.61 Å². The number of likely N-dealkylation sites (tertiary alicyclic amines) is 1. The molecule has 0 unspecified atom stereocenters. The van der Waals surface area contributed by atoms with Crippen LogP contribution in [0.3, 0.4) is 0 Å². The molecule has 1 aliphatic heterocycles. The summed E-state index contributed by atoms with van der Waals surface area (Å²) in [6, 6.07) is 27.6. The second-order valence-electron chi connectivity index (χ2n) is 11.5. The van der Waals surface area contributed by atoms with Gasteiger partial charge in [-0.3, -0.25) is 4.79 Å². The topological polar surface area (TPSA) is 90.3 Å². The minimum atomic E-state index is -0.443. The maximum absolute atomic E-state index is 12.5. The van der Waals surface area contributed by atoms with Crippen molar-refractivity contribution < 1.29 is 24.5 Å². The van der Waals surface area contributed by atoms with Crippen LogP contribution in [0.1, 0.15) is 94.5 Å². The average Bonchev–Trinajstić information content (AvgIpc) is 3.09. The van der Waals surface area contributed by atoms with Gasteiger partial charge in [-0.25, -0.2) is 4.79 Å². The zero-order valence-electron chi connectivity index (χ0n) is 28.3. The summed E-state index contributed by atoms with van der Waals surface area (Å²) in [6.07, 6.45) is 10.7. The van der Waals surface area contributed by atoms with Crippen LogP contribution in [0.4, 0.5) is 5.69 Å². The molecule has 1 aliphatic rings. The van der Waals surface area contributed by atoms with E-state index in [0.29, 0.717) is 19.1 Å². The van der Waals surface area contributed by atoms with Crippen LogP contribution in [0, 0.1) is 0 Å². The number of anilines is 1. The van der Waals surface area contributed by atoms with Gasteiger partial charge in [-0.15, -0.1) is 0 Å². The van der Waals surface area contributed by atoms with Crippen molar-refractivity contribution >= 4 is 17.6 Å². The molecule has 3 aromatic carbocycles. The van der Waals surface area contributed by atoms with Gasteiger partial charge >= 0.3 is 5.97 Å². The normalized spacial score (nSPS) is 13.0. The number of rotatable bonds is 14. The fourth-order valence-electron chi connectivity index (χ4n) is 5.42. The first kappa shape index (κ1) is 38.5. The summed E-state index contributed by atoms with van der Waals surface area (Å²) in [5.74, 6) is -0.235. The van der Waals surface area contributed by atoms with Gasteiger partial charge in [0.1, 0.15) is 11.3 Å². The Hall–Kier alpha value is -3.68. The summed E-state index contributed by atoms with van der Waals surface area (Å²) < 4.78 is 5.12. The van der Waals surface area contributed by atoms with Gasteiger partial charge in [-0.2, -0.15) is 0 Å². The second kappa shape index (κ2) is 23.6. The smallest absolute Gasteiger partial charge is 0.341 e. The molecule has 1 saturated heterocycles. The molecule has 1 fully saturated rings. The Morgan fingerprint density at radius 1 is 0.804 bits per heavy atom. The Bertz CT molecular complexity index is 1210. The molecule has 1 amide bonds. The number of hydrogen-bond donors (Lipinski definition) is 2. The first-order valence-electron chi connectivity index (χ1n) is 17.1. The molecule has 4 rings (SSSR count). The van der Waals surface area contributed by atoms with Crippen molar-refractivity contribution in [3.63, 3.8) is 0 Å². The predicted octanol–water partition coefficient (Wildman–Crippen LogP) is 8.04. The minimum absolute atomic E-state index is 0.0227. The third kappa shape index (κ3) is 14.6. The van der Waals surface area contributed by atoms with Crippen molar-refractivity contribution in [2.24, 2.45) is 0 Å². The Kier molecular flexibility index (Phi) is 19.8. The van der Waals surface area contributed by atoms with E-state index >= 15 is 0 Å². The van der Waals surface area contributed by atoms with Gasteiger partial charge in [0.25, 0.3) is 0 Å². The van der Waals surface area contributed by atoms with Crippen LogP contribution in [0.2, 0.25) is 0 Å². The number of phenolic OH excluding ortho intramolecular Hbond substituents is 1. The predicted molar refractivity (Wildman–Crippen MR) is 188 cm³/mol. The number of ether oxygens (including phenoxy) is 1. The molecule has 0 bridgehead atoms. The van der Waals surface area contributed by atoms with Crippen molar-refractivity contribution in [1.29, 1.82) is 0 Å². The molecule has 0 aromatic heterocycles. The van der Waals surface area contributed by atoms with E-state index in [1.807, 2.05) is 30.0 Å². The maximum Gasteiger partial charge on any atom is 0.341 e. The SMILES string of the molecule is CCC(=O)N(c1ccccc1)C1CCN(CCc2ccccc2)CC1.CCCCCCCCOC(=O)c1ccccc1O.CCO. The fourth-order valence-corrected chi connectivity index (χ4v) is 5.42. The van der Waals surface area contributed by atoms with Gasteiger partial charge in [0, 0.05) is 44.4 Å². The molecule has 7 nitrogen and oxygen atoms in total. The molecule has 252 valence electrons. The number of para-hydroxylation sites is 2. The number of piperidine rings is 1. The van der Waals surface area contributed by atoms with Crippen LogP contribution in [-0.2, 0) is 16.0 Å². The first-order chi connectivity index (χ1) is 22.4. The molecular formula is C39H56N2O5. The van der Waals surface area contributed by atoms with E-state index in [4.69, 9.17) is 9.84 Å². The summed E-state index contributed by atoms with van der Waals surface area (Å²) in [7, 11) is 0. The number of esters is 1. The third-order valence-corrected chi connectivity index (χ3v) is 7.94. The molecule has 3 aromatic rings. The standard InChI is InChI=1S/C22H28N2O.C15H22O3.C2H6O/c1-2-22(25)24(20-11-7-4-8-12-20)21-14-17-23(18-15-21)16-13-19-9-5-3-6-10-19;1-2-3-4-5-6-9-12-18-15(17)13-10-7-8-11-14(13)16;1-2-3/h3-12,21H,2,13-18H2,1H3;7-8,10-11,16H,2-6,9,12H2,1H3;3H,2H2,1H3. The zero-order chi connectivity index (χ0) is 33.4. The summed E-state index contributed by atoms with van der Waals surface area (Å²) in [5.41, 5.74) is 2.68. The number of hydrogen-bond acceptors (Lipinski definition) is 6. The van der Waals surface area contributed by atoms with Crippen LogP contribution in [-0.4, -0.2) is 65.9 Å². The Morgan fingerprint density at radius 2 is 1.37 bits per heavy atom. The van der Waals surface area contributed by atoms with Gasteiger partial charge in [-0.05, 0) is 62.4 Å². The molecule has 7 heteroatoms. The van der Waals surface area contributed by atoms with Crippen LogP contribution >= 0.6 is 0 Å². The molecule has 0 atom stereocenters. The second-order valence-corrected chi connectivity index (χ2v) is 11.5. The van der Waals surface area contributed by atoms with Crippen LogP contribution in [0.25, 0.3) is 0 Å². The average molecular weight is 633 g/mol. The lowest BCUT2D eigenvalue weighted by Gasteiger charge is -2.38. The van der Waals surface area contributed by atoms with E-state index in [0.717, 1.165) is 57.4 Å². The lowest BCUT2D eigenvalue weighted by atomic mass is 10.0. The lowest BCUT2D eigenvalue weighted by molar-refractivity contribution is -0.119. The number of unbranched alkanes of at least 4 members (excludes halogenated alkanes) is 5. The van der Waals surface area contributed by atoms with Gasteiger partial charge < -0.3 is 24.7 Å². The van der Waals surface area contributed by atoms with Crippen molar-refractivity contribution in [3.8, 4) is 5.75 Å². The van der Waals surface area contributed by atoms with Gasteiger partial charge in [0.15, 0.2) is 0 Å². The fraction of sp³-hybridized carbons (Fsp3) is 0.487. The van der Waals surface area contributed by atoms with E-state index in [1.54, 1.807) is 25.1 Å². The molecule has 2 N–H and O–H groups in total. The monoisotopic (exact) mass is 632 g/mol. The Labute approximate surface area is 277 Å². The first-order valence-corrected chi connectivity index (χ1v) is 17.1. The van der Waals surface area contributed by atoms with Crippen molar-refractivity contribution in [3.05, 3.63) is 96.1 Å². The highest BCUT2D eigenvalue weighted by Gasteiger charge is 2.28. The lowest BCUT2D eigenvalue weighted by Crippen LogP contribution is -2.47. The van der Waals surface area contributed by atoms with Gasteiger partial charge in [-0.1, -0.05) is 107 Å². The van der Waals surface area contributed by atoms with Crippen LogP contribution in [0.15, 0.2) is 84.9 Å². The Morgan fingerprint density at radius 3 is 1.98 bits per heavy atom. The zero-order valence-corrected chi connectivity index (χ0v) is 28.3. The van der Waals surface area contributed by atoms with E-state index in [1.165, 1.54) is 37.3 Å². The third-order valence-electron chi connectivity index (χ3n) is 7.94. The molecule has 0 saturated carbocycles. The van der Waals surface area contributed by atoms with Crippen molar-refractivity contribution in [2.45, 2.75) is 91.0 Å². The number of carbonyl (C=O) groups is 2. The van der Waals surface area contributed by atoms with E-state index in [9.17, 15) is 14.7 Å². The van der Waals surface area contributed by atoms with Gasteiger partial charge in [0.2, 0.25) is 5.91 Å². The molecule has 46 heavy (non-hydrogen) atoms. The number of aliphatic hydroxyl groups excluding tert-OH is 1. The van der Waals surface area contributed by atoms with E-state index in [2.05, 4.69) is 54.3 Å². The number of phenols is 1. The molecule has 1 heterocycles. The van der Waals surface area contributed by atoms with Crippen LogP contribution in [0.5, 0.6) is 5.75 Å². The highest BCUT2D eigenvalue weighted by atomic mass is 16.5. The van der Waals surface area contributed by atoms with E-state index < -0.39 is 5.97 Å². The summed E-state index contributed by atoms with van der Waals surface area (Å²) in [4.78, 5) is 28.7. The summed E-state index contributed by atoms with van der Waals surface area (Å²) >= 11 is 0. The highest BCUT2D eigenvalue weighted by Crippen LogP contribution is 2.25. The minimum Gasteiger partial charge on any atom is -0.507 e. The molecule has 0 radical (unpaired) electrons. The largest absolute Gasteiger partial charge is 0.507 e. The number of carbonyl (C=O) groups excluding carboxylic acids is 2. The molecule has 0 spiro atoms.